The van der Waals surface area contributed by atoms with Gasteiger partial charge in [-0.15, -0.1) is 0 Å². The first-order valence-electron chi connectivity index (χ1n) is 15.3. The summed E-state index contributed by atoms with van der Waals surface area (Å²) in [6, 6.07) is 19.4. The Morgan fingerprint density at radius 1 is 0.894 bits per heavy atom. The highest BCUT2D eigenvalue weighted by atomic mass is 79.9. The summed E-state index contributed by atoms with van der Waals surface area (Å²) >= 11 is 3.24. The number of ether oxygens (including phenoxy) is 2. The summed E-state index contributed by atoms with van der Waals surface area (Å²) in [5, 5.41) is 10.9. The molecule has 1 fully saturated rings. The molecule has 0 aromatic heterocycles. The molecule has 2 amide bonds. The minimum atomic E-state index is -0.711. The smallest absolute Gasteiger partial charge is 0.238 e. The van der Waals surface area contributed by atoms with Gasteiger partial charge in [-0.05, 0) is 76.7 Å². The third-order valence-corrected chi connectivity index (χ3v) is 10.2. The summed E-state index contributed by atoms with van der Waals surface area (Å²) in [7, 11) is 3.20. The minimum Gasteiger partial charge on any atom is -0.508 e. The summed E-state index contributed by atoms with van der Waals surface area (Å²) in [5.41, 5.74) is 4.08. The molecule has 1 N–H and O–H groups in total. The number of aromatic hydroxyl groups is 1. The van der Waals surface area contributed by atoms with Crippen LogP contribution in [0.1, 0.15) is 35.4 Å². The first kappa shape index (κ1) is 30.6. The molecular formula is C38H30BrNO7. The number of hydrogen-bond donors (Lipinski definition) is 1. The van der Waals surface area contributed by atoms with Gasteiger partial charge >= 0.3 is 0 Å². The highest BCUT2D eigenvalue weighted by molar-refractivity contribution is 9.12. The summed E-state index contributed by atoms with van der Waals surface area (Å²) in [4.78, 5) is 56.1. The Bertz CT molecular complexity index is 1990. The highest BCUT2D eigenvalue weighted by Gasteiger charge is 2.56. The average molecular weight is 693 g/mol. The van der Waals surface area contributed by atoms with Gasteiger partial charge in [0.15, 0.2) is 11.6 Å². The summed E-state index contributed by atoms with van der Waals surface area (Å²) in [5.74, 6) is -2.35. The number of benzene rings is 3. The maximum Gasteiger partial charge on any atom is 0.238 e. The fourth-order valence-electron chi connectivity index (χ4n) is 7.44. The maximum atomic E-state index is 14.2. The van der Waals surface area contributed by atoms with Gasteiger partial charge in [0.1, 0.15) is 17.2 Å². The van der Waals surface area contributed by atoms with Crippen molar-refractivity contribution in [3.05, 3.63) is 117 Å². The van der Waals surface area contributed by atoms with Crippen molar-refractivity contribution >= 4 is 57.2 Å². The Labute approximate surface area is 279 Å². The number of para-hydroxylation sites is 1. The van der Waals surface area contributed by atoms with Crippen molar-refractivity contribution < 1.29 is 33.8 Å². The van der Waals surface area contributed by atoms with E-state index in [9.17, 15) is 24.3 Å². The Hall–Kier alpha value is -5.02. The van der Waals surface area contributed by atoms with Crippen LogP contribution >= 0.6 is 15.9 Å². The number of rotatable bonds is 6. The molecule has 7 rings (SSSR count). The fraction of sp³-hybridized carbons (Fsp3) is 0.211. The van der Waals surface area contributed by atoms with E-state index in [2.05, 4.69) is 15.9 Å². The number of anilines is 1. The second-order valence-corrected chi connectivity index (χ2v) is 12.9. The van der Waals surface area contributed by atoms with E-state index in [-0.39, 0.29) is 40.0 Å². The molecule has 0 spiro atoms. The first-order valence-corrected chi connectivity index (χ1v) is 16.1. The first-order chi connectivity index (χ1) is 22.7. The van der Waals surface area contributed by atoms with E-state index in [1.54, 1.807) is 50.6 Å². The molecule has 9 heteroatoms. The molecule has 0 radical (unpaired) electrons. The quantitative estimate of drug-likeness (QED) is 0.135. The highest BCUT2D eigenvalue weighted by Crippen LogP contribution is 2.56. The Kier molecular flexibility index (Phi) is 7.80. The van der Waals surface area contributed by atoms with Crippen LogP contribution in [-0.4, -0.2) is 42.7 Å². The number of imide groups is 1. The van der Waals surface area contributed by atoms with Gasteiger partial charge in [-0.25, -0.2) is 0 Å². The lowest BCUT2D eigenvalue weighted by Crippen LogP contribution is -2.39. The van der Waals surface area contributed by atoms with E-state index < -0.39 is 23.7 Å². The molecule has 236 valence electrons. The van der Waals surface area contributed by atoms with Crippen LogP contribution in [0.15, 0.2) is 100 Å². The van der Waals surface area contributed by atoms with E-state index in [4.69, 9.17) is 9.47 Å². The second-order valence-electron chi connectivity index (χ2n) is 12.0. The Morgan fingerprint density at radius 3 is 2.38 bits per heavy atom. The zero-order valence-electron chi connectivity index (χ0n) is 25.6. The number of phenols is 1. The van der Waals surface area contributed by atoms with E-state index in [0.29, 0.717) is 40.3 Å². The van der Waals surface area contributed by atoms with Gasteiger partial charge in [-0.3, -0.25) is 24.1 Å². The summed E-state index contributed by atoms with van der Waals surface area (Å²) in [6.45, 7) is 0. The van der Waals surface area contributed by atoms with Crippen LogP contribution in [0.4, 0.5) is 5.69 Å². The van der Waals surface area contributed by atoms with Gasteiger partial charge in [0, 0.05) is 34.3 Å². The topological polar surface area (TPSA) is 110 Å². The molecule has 1 saturated heterocycles. The van der Waals surface area contributed by atoms with Crippen molar-refractivity contribution in [3.63, 3.8) is 0 Å². The zero-order chi connectivity index (χ0) is 33.0. The largest absolute Gasteiger partial charge is 0.508 e. The third-order valence-electron chi connectivity index (χ3n) is 9.62. The lowest BCUT2D eigenvalue weighted by molar-refractivity contribution is -0.123. The van der Waals surface area contributed by atoms with Crippen molar-refractivity contribution in [1.82, 2.24) is 0 Å². The third kappa shape index (κ3) is 5.06. The maximum absolute atomic E-state index is 14.2. The van der Waals surface area contributed by atoms with E-state index in [1.807, 2.05) is 48.6 Å². The van der Waals surface area contributed by atoms with Gasteiger partial charge in [-0.2, -0.15) is 0 Å². The van der Waals surface area contributed by atoms with Crippen LogP contribution in [0.2, 0.25) is 0 Å². The molecule has 3 aliphatic carbocycles. The number of carbonyl (C=O) groups is 4. The van der Waals surface area contributed by atoms with Crippen LogP contribution in [-0.2, 0) is 19.2 Å². The van der Waals surface area contributed by atoms with Crippen LogP contribution < -0.4 is 14.4 Å². The molecule has 1 heterocycles. The van der Waals surface area contributed by atoms with Crippen LogP contribution in [0.3, 0.4) is 0 Å². The van der Waals surface area contributed by atoms with Gasteiger partial charge in [0.2, 0.25) is 11.8 Å². The van der Waals surface area contributed by atoms with Crippen LogP contribution in [0.25, 0.3) is 12.2 Å². The van der Waals surface area contributed by atoms with E-state index >= 15 is 0 Å². The molecule has 3 aromatic carbocycles. The number of halogens is 1. The predicted molar refractivity (Wildman–Crippen MR) is 180 cm³/mol. The van der Waals surface area contributed by atoms with Gasteiger partial charge < -0.3 is 14.6 Å². The summed E-state index contributed by atoms with van der Waals surface area (Å²) < 4.78 is 11.0. The standard InChI is InChI=1S/C38H30BrNO7/c1-46-23-13-16-32(47-2)21(17-23)10-7-20-8-11-22(12-9-20)40-37(44)26-15-14-24-27(34(26)38(40)45)18-28-35(31(42)19-29(39)36(28)43)33(24)25-5-3-4-6-30(25)41/h3-14,16-17,19,26-27,33-34,41H,15,18H2,1-2H3/t26-,27+,33+,34-/m0/s1. The molecule has 0 bridgehead atoms. The SMILES string of the molecule is COc1ccc(OC)c(C=Cc2ccc(N3C(=O)[C@H]4[C@H](CC=C5[C@H](c6ccccc6O)C6=C(C[C@H]54)C(=O)C(Br)=CC6=O)C3=O)cc2)c1. The van der Waals surface area contributed by atoms with Crippen molar-refractivity contribution in [2.45, 2.75) is 18.8 Å². The number of Topliss-reactive ketones (excluding diaryl/α,β-unsaturated/α-hetero) is 1. The number of amides is 2. The van der Waals surface area contributed by atoms with Crippen LogP contribution in [0, 0.1) is 17.8 Å². The molecular weight excluding hydrogens is 662 g/mol. The predicted octanol–water partition coefficient (Wildman–Crippen LogP) is 6.55. The van der Waals surface area contributed by atoms with Crippen molar-refractivity contribution in [1.29, 1.82) is 0 Å². The lowest BCUT2D eigenvalue weighted by Gasteiger charge is -2.42. The average Bonchev–Trinajstić information content (AvgIpc) is 3.34. The normalized spacial score (nSPS) is 23.8. The molecule has 4 atom stereocenters. The molecule has 4 aliphatic rings. The number of ketones is 2. The minimum absolute atomic E-state index is 0.00340. The van der Waals surface area contributed by atoms with Crippen molar-refractivity contribution in [3.8, 4) is 17.2 Å². The molecule has 1 aliphatic heterocycles. The van der Waals surface area contributed by atoms with Crippen molar-refractivity contribution in [2.24, 2.45) is 17.8 Å². The molecule has 0 saturated carbocycles. The monoisotopic (exact) mass is 691 g/mol. The number of methoxy groups -OCH3 is 2. The Balaban J connectivity index is 1.20. The van der Waals surface area contributed by atoms with Crippen LogP contribution in [0.5, 0.6) is 17.2 Å². The Morgan fingerprint density at radius 2 is 1.66 bits per heavy atom. The number of phenolic OH excluding ortho intramolecular Hbond substituents is 1. The molecule has 3 aromatic rings. The van der Waals surface area contributed by atoms with Gasteiger partial charge in [-0.1, -0.05) is 54.1 Å². The van der Waals surface area contributed by atoms with E-state index in [0.717, 1.165) is 16.7 Å². The molecule has 0 unspecified atom stereocenters. The van der Waals surface area contributed by atoms with E-state index in [1.165, 1.54) is 11.0 Å². The molecule has 47 heavy (non-hydrogen) atoms. The lowest BCUT2D eigenvalue weighted by atomic mass is 9.59. The number of nitrogens with zero attached hydrogens (tertiary/aromatic N) is 1. The van der Waals surface area contributed by atoms with Gasteiger partial charge in [0.25, 0.3) is 0 Å². The molecule has 8 nitrogen and oxygen atoms in total. The van der Waals surface area contributed by atoms with Crippen molar-refractivity contribution in [2.75, 3.05) is 19.1 Å². The second kappa shape index (κ2) is 12.0. The number of carbonyl (C=O) groups excluding carboxylic acids is 4. The number of allylic oxidation sites excluding steroid dienone is 6. The van der Waals surface area contributed by atoms with Gasteiger partial charge in [0.05, 0.1) is 36.2 Å². The summed E-state index contributed by atoms with van der Waals surface area (Å²) in [6.07, 6.45) is 7.50. The number of hydrogen-bond acceptors (Lipinski definition) is 7. The zero-order valence-corrected chi connectivity index (χ0v) is 27.2. The number of fused-ring (bicyclic) bond motifs is 3. The fourth-order valence-corrected chi connectivity index (χ4v) is 7.89.